The van der Waals surface area contributed by atoms with Gasteiger partial charge in [-0.05, 0) is 12.1 Å². The van der Waals surface area contributed by atoms with Crippen LogP contribution in [-0.4, -0.2) is 48.9 Å². The predicted molar refractivity (Wildman–Crippen MR) is 43.7 cm³/mol. The van der Waals surface area contributed by atoms with Gasteiger partial charge in [0.1, 0.15) is 0 Å². The van der Waals surface area contributed by atoms with Crippen molar-refractivity contribution in [2.75, 3.05) is 0 Å². The van der Waals surface area contributed by atoms with Crippen LogP contribution in [-0.2, 0) is 0 Å². The van der Waals surface area contributed by atoms with Crippen molar-refractivity contribution >= 4 is 43.6 Å². The molecular formula is C7H9CaNO2. The van der Waals surface area contributed by atoms with Crippen LogP contribution in [0.4, 0.5) is 0 Å². The standard InChI is InChI=1S/C7H7NO2.Ca.2H/c9-7(8-10)6-4-2-1-3-5-6;;;/h1-5,10H,(H,8,9);;;/q;+2;2*-1. The Kier molecular flexibility index (Phi) is 5.50. The summed E-state index contributed by atoms with van der Waals surface area (Å²) in [4.78, 5) is 10.7. The SMILES string of the molecule is O=C(NO)c1ccccc1.[Ca+2].[H-].[H-]. The van der Waals surface area contributed by atoms with Gasteiger partial charge in [0, 0.05) is 5.56 Å². The average molecular weight is 179 g/mol. The number of carbonyl (C=O) groups excluding carboxylic acids is 1. The van der Waals surface area contributed by atoms with E-state index in [0.29, 0.717) is 5.56 Å². The van der Waals surface area contributed by atoms with Gasteiger partial charge in [0.2, 0.25) is 0 Å². The number of nitrogens with one attached hydrogen (secondary N) is 1. The summed E-state index contributed by atoms with van der Waals surface area (Å²) < 4.78 is 0. The predicted octanol–water partition coefficient (Wildman–Crippen LogP) is 0.650. The fraction of sp³-hybridized carbons (Fsp3) is 0. The maximum absolute atomic E-state index is 10.7. The van der Waals surface area contributed by atoms with Gasteiger partial charge in [0.05, 0.1) is 0 Å². The first-order valence-electron chi connectivity index (χ1n) is 2.84. The Morgan fingerprint density at radius 3 is 2.36 bits per heavy atom. The Balaban J connectivity index is -0.000000333. The van der Waals surface area contributed by atoms with Crippen LogP contribution < -0.4 is 5.48 Å². The van der Waals surface area contributed by atoms with E-state index >= 15 is 0 Å². The molecule has 0 unspecified atom stereocenters. The molecule has 0 bridgehead atoms. The average Bonchev–Trinajstić information content (AvgIpc) is 2.05. The van der Waals surface area contributed by atoms with Crippen LogP contribution in [0.5, 0.6) is 0 Å². The Bertz CT molecular complexity index is 233. The van der Waals surface area contributed by atoms with E-state index in [1.54, 1.807) is 35.8 Å². The molecule has 1 rings (SSSR count). The van der Waals surface area contributed by atoms with Gasteiger partial charge < -0.3 is 2.85 Å². The largest absolute Gasteiger partial charge is 2.00 e. The maximum Gasteiger partial charge on any atom is 2.00 e. The Labute approximate surface area is 97.3 Å². The summed E-state index contributed by atoms with van der Waals surface area (Å²) in [6.45, 7) is 0. The first-order chi connectivity index (χ1) is 4.84. The zero-order valence-electron chi connectivity index (χ0n) is 7.95. The van der Waals surface area contributed by atoms with Gasteiger partial charge in [-0.2, -0.15) is 0 Å². The topological polar surface area (TPSA) is 49.3 Å². The van der Waals surface area contributed by atoms with Crippen molar-refractivity contribution in [3.05, 3.63) is 35.9 Å². The normalized spacial score (nSPS) is 8.09. The number of rotatable bonds is 1. The fourth-order valence-electron chi connectivity index (χ4n) is 0.654. The van der Waals surface area contributed by atoms with E-state index in [1.165, 1.54) is 0 Å². The second-order valence-corrected chi connectivity index (χ2v) is 1.81. The van der Waals surface area contributed by atoms with Gasteiger partial charge in [0.15, 0.2) is 0 Å². The molecule has 4 heteroatoms. The smallest absolute Gasteiger partial charge is 1.00 e. The molecule has 0 aromatic heterocycles. The number of benzene rings is 1. The zero-order valence-corrected chi connectivity index (χ0v) is 8.16. The molecule has 0 fully saturated rings. The van der Waals surface area contributed by atoms with Crippen molar-refractivity contribution in [2.45, 2.75) is 0 Å². The minimum atomic E-state index is -0.486. The zero-order chi connectivity index (χ0) is 7.40. The third kappa shape index (κ3) is 3.20. The van der Waals surface area contributed by atoms with Crippen molar-refractivity contribution in [3.8, 4) is 0 Å². The third-order valence-electron chi connectivity index (χ3n) is 1.14. The van der Waals surface area contributed by atoms with Crippen LogP contribution in [0, 0.1) is 0 Å². The summed E-state index contributed by atoms with van der Waals surface area (Å²) in [5, 5.41) is 8.19. The molecule has 0 spiro atoms. The van der Waals surface area contributed by atoms with Crippen LogP contribution in [0.3, 0.4) is 0 Å². The first kappa shape index (κ1) is 10.9. The summed E-state index contributed by atoms with van der Waals surface area (Å²) in [5.41, 5.74) is 1.99. The van der Waals surface area contributed by atoms with Gasteiger partial charge in [-0.15, -0.1) is 0 Å². The van der Waals surface area contributed by atoms with Gasteiger partial charge >= 0.3 is 37.7 Å². The van der Waals surface area contributed by atoms with Crippen molar-refractivity contribution in [2.24, 2.45) is 0 Å². The second kappa shape index (κ2) is 5.55. The van der Waals surface area contributed by atoms with E-state index in [2.05, 4.69) is 0 Å². The number of hydrogen-bond donors (Lipinski definition) is 2. The molecule has 0 aliphatic rings. The number of carbonyl (C=O) groups is 1. The molecule has 0 heterocycles. The summed E-state index contributed by atoms with van der Waals surface area (Å²) in [7, 11) is 0. The minimum Gasteiger partial charge on any atom is -1.00 e. The summed E-state index contributed by atoms with van der Waals surface area (Å²) in [5.74, 6) is -0.486. The van der Waals surface area contributed by atoms with Crippen molar-refractivity contribution < 1.29 is 12.9 Å². The van der Waals surface area contributed by atoms with E-state index in [-0.39, 0.29) is 40.6 Å². The second-order valence-electron chi connectivity index (χ2n) is 1.81. The number of amides is 1. The molecule has 11 heavy (non-hydrogen) atoms. The molecule has 1 aromatic rings. The number of hydrogen-bond acceptors (Lipinski definition) is 2. The molecule has 0 saturated carbocycles. The number of hydroxylamine groups is 1. The molecule has 0 radical (unpaired) electrons. The third-order valence-corrected chi connectivity index (χ3v) is 1.14. The fourth-order valence-corrected chi connectivity index (χ4v) is 0.654. The molecule has 1 aromatic carbocycles. The Hall–Kier alpha value is -0.0903. The van der Waals surface area contributed by atoms with Crippen molar-refractivity contribution in [3.63, 3.8) is 0 Å². The van der Waals surface area contributed by atoms with Crippen LogP contribution in [0.1, 0.15) is 13.2 Å². The van der Waals surface area contributed by atoms with Gasteiger partial charge in [-0.3, -0.25) is 10.0 Å². The van der Waals surface area contributed by atoms with E-state index in [0.717, 1.165) is 0 Å². The van der Waals surface area contributed by atoms with E-state index in [1.807, 2.05) is 0 Å². The molecule has 0 atom stereocenters. The minimum absolute atomic E-state index is 0. The monoisotopic (exact) mass is 179 g/mol. The van der Waals surface area contributed by atoms with Gasteiger partial charge in [0.25, 0.3) is 5.91 Å². The van der Waals surface area contributed by atoms with E-state index in [4.69, 9.17) is 5.21 Å². The Morgan fingerprint density at radius 2 is 1.91 bits per heavy atom. The molecule has 2 N–H and O–H groups in total. The molecule has 1 amide bonds. The summed E-state index contributed by atoms with van der Waals surface area (Å²) >= 11 is 0. The van der Waals surface area contributed by atoms with Crippen LogP contribution in [0.15, 0.2) is 30.3 Å². The molecule has 0 aliphatic carbocycles. The quantitative estimate of drug-likeness (QED) is 0.378. The van der Waals surface area contributed by atoms with Crippen LogP contribution >= 0.6 is 0 Å². The Morgan fingerprint density at radius 1 is 1.36 bits per heavy atom. The van der Waals surface area contributed by atoms with Gasteiger partial charge in [-0.1, -0.05) is 18.2 Å². The molecule has 0 saturated heterocycles. The van der Waals surface area contributed by atoms with E-state index in [9.17, 15) is 4.79 Å². The van der Waals surface area contributed by atoms with Gasteiger partial charge in [-0.25, -0.2) is 5.48 Å². The summed E-state index contributed by atoms with van der Waals surface area (Å²) in [6.07, 6.45) is 0. The molecule has 3 nitrogen and oxygen atoms in total. The summed E-state index contributed by atoms with van der Waals surface area (Å²) in [6, 6.07) is 8.49. The molecule has 56 valence electrons. The van der Waals surface area contributed by atoms with Crippen molar-refractivity contribution in [1.29, 1.82) is 0 Å². The van der Waals surface area contributed by atoms with Crippen molar-refractivity contribution in [1.82, 2.24) is 5.48 Å². The van der Waals surface area contributed by atoms with Crippen LogP contribution in [0.25, 0.3) is 0 Å². The van der Waals surface area contributed by atoms with Crippen LogP contribution in [0.2, 0.25) is 0 Å². The maximum atomic E-state index is 10.7. The van der Waals surface area contributed by atoms with E-state index < -0.39 is 5.91 Å². The molecular weight excluding hydrogens is 170 g/mol. The first-order valence-corrected chi connectivity index (χ1v) is 2.84. The molecule has 0 aliphatic heterocycles.